The SMILES string of the molecule is c1ccc(-c2nc(-c3ccc4ccccc4c3)nc(-c3cccc4c3ccc3nc(-c5ccccc5)sc34)n2)cc1. The normalized spacial score (nSPS) is 11.4. The quantitative estimate of drug-likeness (QED) is 0.222. The molecule has 0 saturated carbocycles. The van der Waals surface area contributed by atoms with Crippen LogP contribution >= 0.6 is 11.3 Å². The number of benzene rings is 6. The van der Waals surface area contributed by atoms with Crippen molar-refractivity contribution in [3.05, 3.63) is 133 Å². The number of hydrogen-bond acceptors (Lipinski definition) is 5. The molecule has 8 aromatic rings. The van der Waals surface area contributed by atoms with Crippen molar-refractivity contribution < 1.29 is 0 Å². The lowest BCUT2D eigenvalue weighted by atomic mass is 10.0. The lowest BCUT2D eigenvalue weighted by Crippen LogP contribution is -2.00. The van der Waals surface area contributed by atoms with Crippen LogP contribution in [0.1, 0.15) is 0 Å². The van der Waals surface area contributed by atoms with E-state index >= 15 is 0 Å². The Morgan fingerprint density at radius 3 is 1.90 bits per heavy atom. The molecule has 0 aliphatic carbocycles. The van der Waals surface area contributed by atoms with Crippen LogP contribution in [-0.2, 0) is 0 Å². The zero-order valence-electron chi connectivity index (χ0n) is 21.9. The molecule has 2 aromatic heterocycles. The molecule has 8 rings (SSSR count). The Bertz CT molecular complexity index is 2210. The van der Waals surface area contributed by atoms with Crippen LogP contribution in [0.15, 0.2) is 133 Å². The third kappa shape index (κ3) is 4.24. The Kier molecular flexibility index (Phi) is 5.61. The van der Waals surface area contributed by atoms with E-state index < -0.39 is 0 Å². The monoisotopic (exact) mass is 542 g/mol. The molecule has 0 N–H and O–H groups in total. The van der Waals surface area contributed by atoms with Crippen molar-refractivity contribution in [3.63, 3.8) is 0 Å². The molecule has 0 aliphatic rings. The maximum Gasteiger partial charge on any atom is 0.164 e. The molecule has 41 heavy (non-hydrogen) atoms. The Morgan fingerprint density at radius 2 is 1.10 bits per heavy atom. The summed E-state index contributed by atoms with van der Waals surface area (Å²) in [5.74, 6) is 1.96. The summed E-state index contributed by atoms with van der Waals surface area (Å²) in [5, 5.41) is 5.60. The molecule has 0 atom stereocenters. The highest BCUT2D eigenvalue weighted by atomic mass is 32.1. The highest BCUT2D eigenvalue weighted by Crippen LogP contribution is 2.38. The third-order valence-electron chi connectivity index (χ3n) is 7.35. The van der Waals surface area contributed by atoms with Gasteiger partial charge in [0.25, 0.3) is 0 Å². The number of hydrogen-bond donors (Lipinski definition) is 0. The molecule has 4 nitrogen and oxygen atoms in total. The van der Waals surface area contributed by atoms with Gasteiger partial charge in [-0.05, 0) is 28.3 Å². The number of aromatic nitrogens is 4. The fourth-order valence-corrected chi connectivity index (χ4v) is 6.41. The van der Waals surface area contributed by atoms with Crippen LogP contribution in [0.3, 0.4) is 0 Å². The van der Waals surface area contributed by atoms with E-state index in [9.17, 15) is 0 Å². The van der Waals surface area contributed by atoms with Crippen molar-refractivity contribution in [2.24, 2.45) is 0 Å². The van der Waals surface area contributed by atoms with Crippen molar-refractivity contribution in [2.75, 3.05) is 0 Å². The average Bonchev–Trinajstić information content (AvgIpc) is 3.50. The molecule has 2 heterocycles. The van der Waals surface area contributed by atoms with Crippen molar-refractivity contribution in [1.82, 2.24) is 19.9 Å². The van der Waals surface area contributed by atoms with E-state index in [2.05, 4.69) is 97.1 Å². The second-order valence-corrected chi connectivity index (χ2v) is 10.9. The van der Waals surface area contributed by atoms with Crippen LogP contribution in [0.5, 0.6) is 0 Å². The first-order valence-electron chi connectivity index (χ1n) is 13.5. The summed E-state index contributed by atoms with van der Waals surface area (Å²) in [5.41, 5.74) is 5.01. The van der Waals surface area contributed by atoms with Gasteiger partial charge in [-0.3, -0.25) is 0 Å². The first kappa shape index (κ1) is 23.6. The highest BCUT2D eigenvalue weighted by Gasteiger charge is 2.16. The number of fused-ring (bicyclic) bond motifs is 4. The fraction of sp³-hybridized carbons (Fsp3) is 0. The van der Waals surface area contributed by atoms with Gasteiger partial charge >= 0.3 is 0 Å². The molecule has 0 aliphatic heterocycles. The van der Waals surface area contributed by atoms with Crippen LogP contribution in [0.2, 0.25) is 0 Å². The minimum absolute atomic E-state index is 0.653. The largest absolute Gasteiger partial charge is 0.236 e. The van der Waals surface area contributed by atoms with Crippen molar-refractivity contribution in [1.29, 1.82) is 0 Å². The van der Waals surface area contributed by atoms with E-state index in [1.54, 1.807) is 11.3 Å². The van der Waals surface area contributed by atoms with Crippen LogP contribution < -0.4 is 0 Å². The Balaban J connectivity index is 1.34. The first-order chi connectivity index (χ1) is 20.3. The van der Waals surface area contributed by atoms with E-state index in [0.29, 0.717) is 17.5 Å². The molecule has 0 saturated heterocycles. The number of nitrogens with zero attached hydrogens (tertiary/aromatic N) is 4. The van der Waals surface area contributed by atoms with Crippen LogP contribution in [0, 0.1) is 0 Å². The molecule has 0 radical (unpaired) electrons. The van der Waals surface area contributed by atoms with Gasteiger partial charge in [-0.2, -0.15) is 0 Å². The van der Waals surface area contributed by atoms with Gasteiger partial charge in [-0.1, -0.05) is 121 Å². The maximum atomic E-state index is 5.05. The van der Waals surface area contributed by atoms with Crippen LogP contribution in [-0.4, -0.2) is 19.9 Å². The third-order valence-corrected chi connectivity index (χ3v) is 8.50. The van der Waals surface area contributed by atoms with Crippen LogP contribution in [0.4, 0.5) is 0 Å². The van der Waals surface area contributed by atoms with Gasteiger partial charge in [-0.25, -0.2) is 19.9 Å². The zero-order chi connectivity index (χ0) is 27.2. The zero-order valence-corrected chi connectivity index (χ0v) is 22.7. The van der Waals surface area contributed by atoms with Gasteiger partial charge in [-0.15, -0.1) is 11.3 Å². The summed E-state index contributed by atoms with van der Waals surface area (Å²) in [4.78, 5) is 20.0. The Morgan fingerprint density at radius 1 is 0.415 bits per heavy atom. The molecule has 0 bridgehead atoms. The summed E-state index contributed by atoms with van der Waals surface area (Å²) < 4.78 is 1.16. The molecular weight excluding hydrogens is 520 g/mol. The summed E-state index contributed by atoms with van der Waals surface area (Å²) in [6, 6.07) is 45.8. The molecule has 0 spiro atoms. The second kappa shape index (κ2) is 9.73. The Labute approximate surface area is 240 Å². The summed E-state index contributed by atoms with van der Waals surface area (Å²) >= 11 is 1.72. The van der Waals surface area contributed by atoms with Gasteiger partial charge in [0.1, 0.15) is 5.01 Å². The van der Waals surface area contributed by atoms with E-state index in [4.69, 9.17) is 19.9 Å². The van der Waals surface area contributed by atoms with Gasteiger partial charge in [0.15, 0.2) is 17.5 Å². The molecule has 192 valence electrons. The van der Waals surface area contributed by atoms with Gasteiger partial charge in [0.05, 0.1) is 10.2 Å². The predicted octanol–water partition coefficient (Wildman–Crippen LogP) is 9.46. The highest BCUT2D eigenvalue weighted by molar-refractivity contribution is 7.22. The number of rotatable bonds is 4. The Hall–Kier alpha value is -5.26. The fourth-order valence-electron chi connectivity index (χ4n) is 5.31. The minimum atomic E-state index is 0.653. The lowest BCUT2D eigenvalue weighted by Gasteiger charge is -2.11. The van der Waals surface area contributed by atoms with Crippen molar-refractivity contribution >= 4 is 43.1 Å². The molecule has 5 heteroatoms. The van der Waals surface area contributed by atoms with Crippen molar-refractivity contribution in [3.8, 4) is 44.7 Å². The van der Waals surface area contributed by atoms with E-state index in [-0.39, 0.29) is 0 Å². The summed E-state index contributed by atoms with van der Waals surface area (Å²) in [7, 11) is 0. The van der Waals surface area contributed by atoms with E-state index in [0.717, 1.165) is 53.6 Å². The second-order valence-electron chi connectivity index (χ2n) is 9.93. The number of thiazole rings is 1. The summed E-state index contributed by atoms with van der Waals surface area (Å²) in [6.07, 6.45) is 0. The van der Waals surface area contributed by atoms with E-state index in [1.807, 2.05) is 36.4 Å². The first-order valence-corrected chi connectivity index (χ1v) is 14.3. The standard InChI is InChI=1S/C36H22N4S/c1-3-11-24(12-4-1)33-38-34(27-19-18-23-10-7-8-15-26(23)22-27)40-35(39-33)30-17-9-16-29-28(30)20-21-31-32(29)41-36(37-31)25-13-5-2-6-14-25/h1-22H. The van der Waals surface area contributed by atoms with Gasteiger partial charge < -0.3 is 0 Å². The van der Waals surface area contributed by atoms with Gasteiger partial charge in [0.2, 0.25) is 0 Å². The smallest absolute Gasteiger partial charge is 0.164 e. The average molecular weight is 543 g/mol. The van der Waals surface area contributed by atoms with Crippen molar-refractivity contribution in [2.45, 2.75) is 0 Å². The maximum absolute atomic E-state index is 5.05. The molecule has 6 aromatic carbocycles. The molecule has 0 unspecified atom stereocenters. The summed E-state index contributed by atoms with van der Waals surface area (Å²) in [6.45, 7) is 0. The molecule has 0 amide bonds. The van der Waals surface area contributed by atoms with E-state index in [1.165, 1.54) is 5.39 Å². The van der Waals surface area contributed by atoms with Gasteiger partial charge in [0, 0.05) is 27.6 Å². The van der Waals surface area contributed by atoms with Crippen LogP contribution in [0.25, 0.3) is 76.5 Å². The lowest BCUT2D eigenvalue weighted by molar-refractivity contribution is 1.08. The minimum Gasteiger partial charge on any atom is -0.236 e. The predicted molar refractivity (Wildman–Crippen MR) is 170 cm³/mol. The molecule has 0 fully saturated rings. The molecular formula is C36H22N4S. The topological polar surface area (TPSA) is 51.6 Å².